The zero-order valence-electron chi connectivity index (χ0n) is 14.5. The molecule has 0 atom stereocenters. The van der Waals surface area contributed by atoms with Crippen LogP contribution in [-0.4, -0.2) is 31.8 Å². The van der Waals surface area contributed by atoms with E-state index in [4.69, 9.17) is 19.9 Å². The number of methoxy groups -OCH3 is 2. The third-order valence-corrected chi connectivity index (χ3v) is 3.19. The van der Waals surface area contributed by atoms with Gasteiger partial charge in [-0.1, -0.05) is 0 Å². The molecule has 0 fully saturated rings. The highest BCUT2D eigenvalue weighted by Gasteiger charge is 2.06. The summed E-state index contributed by atoms with van der Waals surface area (Å²) in [6.07, 6.45) is 1.69. The number of hydrogen-bond acceptors (Lipinski definition) is 5. The van der Waals surface area contributed by atoms with Gasteiger partial charge in [-0.15, -0.1) is 24.0 Å². The summed E-state index contributed by atoms with van der Waals surface area (Å²) in [5, 5.41) is 3.02. The molecule has 0 amide bonds. The third-order valence-electron chi connectivity index (χ3n) is 3.19. The molecule has 2 aromatic rings. The summed E-state index contributed by atoms with van der Waals surface area (Å²) in [4.78, 5) is 8.44. The lowest BCUT2D eigenvalue weighted by atomic mass is 10.2. The number of halogens is 1. The minimum atomic E-state index is 0. The van der Waals surface area contributed by atoms with E-state index in [1.807, 2.05) is 25.1 Å². The van der Waals surface area contributed by atoms with Crippen molar-refractivity contribution < 1.29 is 14.2 Å². The SMILES string of the molecule is CCOc1cc(CN=C(N)Nc2cc(OC)ccc2OC)ccn1.I. The Morgan fingerprint density at radius 1 is 1.20 bits per heavy atom. The predicted molar refractivity (Wildman–Crippen MR) is 109 cm³/mol. The Morgan fingerprint density at radius 3 is 2.68 bits per heavy atom. The van der Waals surface area contributed by atoms with Crippen LogP contribution in [0.25, 0.3) is 0 Å². The van der Waals surface area contributed by atoms with Crippen LogP contribution in [0.1, 0.15) is 12.5 Å². The van der Waals surface area contributed by atoms with Gasteiger partial charge in [-0.25, -0.2) is 9.98 Å². The molecule has 0 saturated carbocycles. The van der Waals surface area contributed by atoms with Gasteiger partial charge in [-0.05, 0) is 30.7 Å². The zero-order valence-corrected chi connectivity index (χ0v) is 16.8. The van der Waals surface area contributed by atoms with E-state index in [2.05, 4.69) is 15.3 Å². The molecule has 0 bridgehead atoms. The highest BCUT2D eigenvalue weighted by Crippen LogP contribution is 2.28. The third kappa shape index (κ3) is 6.29. The minimum absolute atomic E-state index is 0. The number of nitrogens with two attached hydrogens (primary N) is 1. The summed E-state index contributed by atoms with van der Waals surface area (Å²) in [6, 6.07) is 9.11. The van der Waals surface area contributed by atoms with E-state index in [1.54, 1.807) is 32.5 Å². The predicted octanol–water partition coefficient (Wildman–Crippen LogP) is 3.04. The molecule has 3 N–H and O–H groups in total. The highest BCUT2D eigenvalue weighted by molar-refractivity contribution is 14.0. The molecule has 7 nitrogen and oxygen atoms in total. The lowest BCUT2D eigenvalue weighted by Crippen LogP contribution is -2.23. The fraction of sp³-hybridized carbons (Fsp3) is 0.294. The Balaban J connectivity index is 0.00000312. The first-order chi connectivity index (χ1) is 11.7. The van der Waals surface area contributed by atoms with Crippen molar-refractivity contribution in [3.05, 3.63) is 42.1 Å². The molecule has 136 valence electrons. The molecule has 0 unspecified atom stereocenters. The number of nitrogens with one attached hydrogen (secondary N) is 1. The van der Waals surface area contributed by atoms with Gasteiger partial charge >= 0.3 is 0 Å². The Hall–Kier alpha value is -2.23. The lowest BCUT2D eigenvalue weighted by molar-refractivity contribution is 0.326. The number of aromatic nitrogens is 1. The van der Waals surface area contributed by atoms with E-state index >= 15 is 0 Å². The van der Waals surface area contributed by atoms with Crippen LogP contribution in [0.4, 0.5) is 5.69 Å². The fourth-order valence-electron chi connectivity index (χ4n) is 2.04. The highest BCUT2D eigenvalue weighted by atomic mass is 127. The first kappa shape index (κ1) is 20.8. The number of benzene rings is 1. The van der Waals surface area contributed by atoms with Crippen molar-refractivity contribution in [1.29, 1.82) is 0 Å². The molecule has 1 aromatic heterocycles. The molecule has 0 aliphatic rings. The minimum Gasteiger partial charge on any atom is -0.497 e. The maximum absolute atomic E-state index is 5.96. The number of anilines is 1. The van der Waals surface area contributed by atoms with Gasteiger partial charge in [-0.3, -0.25) is 0 Å². The van der Waals surface area contributed by atoms with Crippen LogP contribution in [0.3, 0.4) is 0 Å². The van der Waals surface area contributed by atoms with E-state index in [0.717, 1.165) is 5.56 Å². The van der Waals surface area contributed by atoms with E-state index in [1.165, 1.54) is 0 Å². The second kappa shape index (κ2) is 10.6. The van der Waals surface area contributed by atoms with Crippen LogP contribution in [-0.2, 0) is 6.54 Å². The van der Waals surface area contributed by atoms with Gasteiger partial charge in [0.2, 0.25) is 5.88 Å². The second-order valence-electron chi connectivity index (χ2n) is 4.83. The molecule has 25 heavy (non-hydrogen) atoms. The Morgan fingerprint density at radius 2 is 2.00 bits per heavy atom. The smallest absolute Gasteiger partial charge is 0.213 e. The number of pyridine rings is 1. The van der Waals surface area contributed by atoms with E-state index in [0.29, 0.717) is 36.2 Å². The van der Waals surface area contributed by atoms with Gasteiger partial charge in [0.25, 0.3) is 0 Å². The quantitative estimate of drug-likeness (QED) is 0.377. The normalized spacial score (nSPS) is 10.6. The fourth-order valence-corrected chi connectivity index (χ4v) is 2.04. The molecule has 8 heteroatoms. The number of hydrogen-bond donors (Lipinski definition) is 2. The molecule has 1 aromatic carbocycles. The number of aliphatic imine (C=N–C) groups is 1. The van der Waals surface area contributed by atoms with Gasteiger partial charge in [0.05, 0.1) is 33.1 Å². The zero-order chi connectivity index (χ0) is 17.4. The summed E-state index contributed by atoms with van der Waals surface area (Å²) in [5.41, 5.74) is 7.60. The van der Waals surface area contributed by atoms with Gasteiger partial charge in [0, 0.05) is 18.3 Å². The topological polar surface area (TPSA) is 91.0 Å². The molecule has 0 aliphatic heterocycles. The van der Waals surface area contributed by atoms with Crippen LogP contribution < -0.4 is 25.3 Å². The summed E-state index contributed by atoms with van der Waals surface area (Å²) in [5.74, 6) is 2.20. The van der Waals surface area contributed by atoms with Crippen LogP contribution in [0, 0.1) is 0 Å². The maximum atomic E-state index is 5.96. The molecular formula is C17H23IN4O3. The standard InChI is InChI=1S/C17H22N4O3.HI/c1-4-24-16-9-12(7-8-19-16)11-20-17(18)21-14-10-13(22-2)5-6-15(14)23-3;/h5-10H,4,11H2,1-3H3,(H3,18,20,21);1H. The maximum Gasteiger partial charge on any atom is 0.213 e. The van der Waals surface area contributed by atoms with E-state index in [-0.39, 0.29) is 29.9 Å². The molecule has 1 heterocycles. The van der Waals surface area contributed by atoms with Crippen LogP contribution in [0.15, 0.2) is 41.5 Å². The van der Waals surface area contributed by atoms with Gasteiger partial charge < -0.3 is 25.3 Å². The summed E-state index contributed by atoms with van der Waals surface area (Å²) in [6.45, 7) is 2.89. The number of ether oxygens (including phenoxy) is 3. The van der Waals surface area contributed by atoms with Gasteiger partial charge in [-0.2, -0.15) is 0 Å². The molecule has 0 saturated heterocycles. The van der Waals surface area contributed by atoms with Gasteiger partial charge in [0.1, 0.15) is 11.5 Å². The summed E-state index contributed by atoms with van der Waals surface area (Å²) < 4.78 is 15.9. The van der Waals surface area contributed by atoms with Crippen molar-refractivity contribution in [2.75, 3.05) is 26.1 Å². The Labute approximate surface area is 164 Å². The number of guanidine groups is 1. The van der Waals surface area contributed by atoms with E-state index in [9.17, 15) is 0 Å². The van der Waals surface area contributed by atoms with Crippen LogP contribution in [0.2, 0.25) is 0 Å². The first-order valence-electron chi connectivity index (χ1n) is 7.53. The van der Waals surface area contributed by atoms with Crippen molar-refractivity contribution in [3.8, 4) is 17.4 Å². The first-order valence-corrected chi connectivity index (χ1v) is 7.53. The average molecular weight is 458 g/mol. The number of rotatable bonds is 7. The Bertz CT molecular complexity index is 710. The average Bonchev–Trinajstić information content (AvgIpc) is 2.60. The van der Waals surface area contributed by atoms with Gasteiger partial charge in [0.15, 0.2) is 5.96 Å². The van der Waals surface area contributed by atoms with E-state index < -0.39 is 0 Å². The molecule has 0 aliphatic carbocycles. The molecule has 0 radical (unpaired) electrons. The lowest BCUT2D eigenvalue weighted by Gasteiger charge is -2.12. The monoisotopic (exact) mass is 458 g/mol. The van der Waals surface area contributed by atoms with Crippen molar-refractivity contribution in [1.82, 2.24) is 4.98 Å². The van der Waals surface area contributed by atoms with Crippen molar-refractivity contribution in [2.45, 2.75) is 13.5 Å². The largest absolute Gasteiger partial charge is 0.497 e. The van der Waals surface area contributed by atoms with Crippen molar-refractivity contribution in [3.63, 3.8) is 0 Å². The van der Waals surface area contributed by atoms with Crippen molar-refractivity contribution >= 4 is 35.6 Å². The number of nitrogens with zero attached hydrogens (tertiary/aromatic N) is 2. The molecule has 0 spiro atoms. The summed E-state index contributed by atoms with van der Waals surface area (Å²) in [7, 11) is 3.19. The Kier molecular flexibility index (Phi) is 8.82. The van der Waals surface area contributed by atoms with Crippen molar-refractivity contribution in [2.24, 2.45) is 10.7 Å². The van der Waals surface area contributed by atoms with Crippen LogP contribution in [0.5, 0.6) is 17.4 Å². The molecule has 2 rings (SSSR count). The summed E-state index contributed by atoms with van der Waals surface area (Å²) >= 11 is 0. The molecular weight excluding hydrogens is 435 g/mol. The van der Waals surface area contributed by atoms with Crippen LogP contribution >= 0.6 is 24.0 Å². The second-order valence-corrected chi connectivity index (χ2v) is 4.83.